The van der Waals surface area contributed by atoms with Crippen LogP contribution >= 0.6 is 0 Å². The Kier molecular flexibility index (Phi) is 1.25. The van der Waals surface area contributed by atoms with Crippen molar-refractivity contribution in [2.75, 3.05) is 0 Å². The molecule has 2 nitrogen and oxygen atoms in total. The molecule has 0 atom stereocenters. The largest absolute Gasteiger partial charge is 0.472 e. The molecule has 0 amide bonds. The first-order valence-electron chi connectivity index (χ1n) is 3.25. The number of hydrogen-bond acceptors (Lipinski definition) is 2. The summed E-state index contributed by atoms with van der Waals surface area (Å²) in [4.78, 5) is 11.1. The Morgan fingerprint density at radius 2 is 2.27 bits per heavy atom. The second kappa shape index (κ2) is 2.23. The molecular formula is C9H5O2. The van der Waals surface area contributed by atoms with Crippen LogP contribution in [-0.4, -0.2) is 0 Å². The predicted octanol–water partition coefficient (Wildman–Crippen LogP) is 1.54. The highest BCUT2D eigenvalue weighted by Gasteiger charge is 2.02. The van der Waals surface area contributed by atoms with E-state index in [-0.39, 0.29) is 5.43 Å². The third-order valence-electron chi connectivity index (χ3n) is 1.53. The molecule has 1 aliphatic carbocycles. The third kappa shape index (κ3) is 0.923. The molecule has 0 unspecified atom stereocenters. The second-order valence-electron chi connectivity index (χ2n) is 2.23. The van der Waals surface area contributed by atoms with Gasteiger partial charge in [0.05, 0.1) is 11.8 Å². The minimum Gasteiger partial charge on any atom is -0.472 e. The predicted molar refractivity (Wildman–Crippen MR) is 40.4 cm³/mol. The van der Waals surface area contributed by atoms with Crippen molar-refractivity contribution in [3.8, 4) is 11.1 Å². The Hall–Kier alpha value is -1.57. The van der Waals surface area contributed by atoms with Crippen LogP contribution in [0.3, 0.4) is 0 Å². The Morgan fingerprint density at radius 1 is 1.36 bits per heavy atom. The molecule has 1 heterocycles. The first-order chi connectivity index (χ1) is 5.38. The van der Waals surface area contributed by atoms with Crippen LogP contribution in [0.2, 0.25) is 0 Å². The summed E-state index contributed by atoms with van der Waals surface area (Å²) >= 11 is 0. The van der Waals surface area contributed by atoms with Crippen molar-refractivity contribution < 1.29 is 4.42 Å². The molecule has 0 fully saturated rings. The van der Waals surface area contributed by atoms with E-state index < -0.39 is 0 Å². The first kappa shape index (κ1) is 6.16. The quantitative estimate of drug-likeness (QED) is 0.563. The van der Waals surface area contributed by atoms with Crippen molar-refractivity contribution in [3.63, 3.8) is 0 Å². The van der Waals surface area contributed by atoms with Crippen molar-refractivity contribution in [2.45, 2.75) is 0 Å². The van der Waals surface area contributed by atoms with Crippen molar-refractivity contribution in [1.82, 2.24) is 0 Å². The first-order valence-corrected chi connectivity index (χ1v) is 3.25. The maximum absolute atomic E-state index is 11.1. The summed E-state index contributed by atoms with van der Waals surface area (Å²) in [7, 11) is 0. The number of benzene rings is 1. The van der Waals surface area contributed by atoms with Gasteiger partial charge in [0, 0.05) is 0 Å². The molecule has 11 heavy (non-hydrogen) atoms. The average Bonchev–Trinajstić information content (AvgIpc) is 2.06. The molecule has 0 saturated heterocycles. The zero-order valence-corrected chi connectivity index (χ0v) is 5.70. The molecule has 0 N–H and O–H groups in total. The van der Waals surface area contributed by atoms with E-state index in [4.69, 9.17) is 4.42 Å². The summed E-state index contributed by atoms with van der Waals surface area (Å²) in [5, 5.41) is 0. The van der Waals surface area contributed by atoms with Crippen molar-refractivity contribution in [3.05, 3.63) is 47.0 Å². The summed E-state index contributed by atoms with van der Waals surface area (Å²) < 4.78 is 4.85. The van der Waals surface area contributed by atoms with Crippen LogP contribution in [0.5, 0.6) is 0 Å². The zero-order valence-electron chi connectivity index (χ0n) is 5.70. The van der Waals surface area contributed by atoms with E-state index in [0.29, 0.717) is 5.56 Å². The van der Waals surface area contributed by atoms with Crippen molar-refractivity contribution in [2.24, 2.45) is 0 Å². The second-order valence-corrected chi connectivity index (χ2v) is 2.23. The van der Waals surface area contributed by atoms with Crippen LogP contribution in [0.4, 0.5) is 0 Å². The Morgan fingerprint density at radius 3 is 3.09 bits per heavy atom. The lowest BCUT2D eigenvalue weighted by molar-refractivity contribution is 0.551. The van der Waals surface area contributed by atoms with Gasteiger partial charge in [0.2, 0.25) is 0 Å². The summed E-state index contributed by atoms with van der Waals surface area (Å²) in [6, 6.07) is 7.74. The lowest BCUT2D eigenvalue weighted by Gasteiger charge is -1.98. The summed E-state index contributed by atoms with van der Waals surface area (Å²) in [6.45, 7) is 0. The van der Waals surface area contributed by atoms with E-state index >= 15 is 0 Å². The molecule has 2 rings (SSSR count). The van der Waals surface area contributed by atoms with Crippen LogP contribution in [-0.2, 0) is 0 Å². The van der Waals surface area contributed by atoms with E-state index in [1.165, 1.54) is 18.6 Å². The van der Waals surface area contributed by atoms with Gasteiger partial charge < -0.3 is 4.42 Å². The molecular weight excluding hydrogens is 140 g/mol. The van der Waals surface area contributed by atoms with Gasteiger partial charge in [-0.15, -0.1) is 0 Å². The van der Waals surface area contributed by atoms with Gasteiger partial charge in [-0.3, -0.25) is 4.79 Å². The van der Waals surface area contributed by atoms with Gasteiger partial charge in [-0.05, 0) is 29.8 Å². The molecule has 53 valence electrons. The highest BCUT2D eigenvalue weighted by molar-refractivity contribution is 5.61. The number of hydrogen-bond donors (Lipinski definition) is 0. The molecule has 2 heteroatoms. The molecule has 0 bridgehead atoms. The molecule has 2 aliphatic rings. The molecule has 0 aromatic carbocycles. The van der Waals surface area contributed by atoms with Crippen molar-refractivity contribution >= 4 is 0 Å². The monoisotopic (exact) mass is 145 g/mol. The van der Waals surface area contributed by atoms with Gasteiger partial charge in [-0.1, -0.05) is 0 Å². The summed E-state index contributed by atoms with van der Waals surface area (Å²) in [6.07, 6.45) is 2.96. The standard InChI is InChI=1S/C9H5O2/c10-9-3-1-2-7-4-5-11-6-8(7)9/h1,3-6H. The SMILES string of the molecule is O=c1cc[c]c2ccocc1-2. The zero-order chi connectivity index (χ0) is 7.68. The molecule has 0 aromatic rings. The van der Waals surface area contributed by atoms with Gasteiger partial charge in [0.15, 0.2) is 5.43 Å². The maximum atomic E-state index is 11.1. The molecule has 1 radical (unpaired) electrons. The molecule has 0 aromatic heterocycles. The van der Waals surface area contributed by atoms with E-state index in [1.54, 1.807) is 12.1 Å². The van der Waals surface area contributed by atoms with Crippen LogP contribution in [0, 0.1) is 6.07 Å². The Labute approximate surface area is 63.4 Å². The third-order valence-corrected chi connectivity index (χ3v) is 1.53. The van der Waals surface area contributed by atoms with Gasteiger partial charge >= 0.3 is 0 Å². The van der Waals surface area contributed by atoms with Crippen LogP contribution in [0.15, 0.2) is 39.9 Å². The van der Waals surface area contributed by atoms with E-state index in [9.17, 15) is 4.79 Å². The van der Waals surface area contributed by atoms with Crippen LogP contribution in [0.25, 0.3) is 11.1 Å². The molecule has 0 spiro atoms. The summed E-state index contributed by atoms with van der Waals surface area (Å²) in [5.74, 6) is 0. The summed E-state index contributed by atoms with van der Waals surface area (Å²) in [5.41, 5.74) is 1.35. The highest BCUT2D eigenvalue weighted by atomic mass is 16.3. The highest BCUT2D eigenvalue weighted by Crippen LogP contribution is 2.14. The fraction of sp³-hybridized carbons (Fsp3) is 0. The maximum Gasteiger partial charge on any atom is 0.189 e. The van der Waals surface area contributed by atoms with Crippen LogP contribution in [0.1, 0.15) is 0 Å². The lowest BCUT2D eigenvalue weighted by Crippen LogP contribution is -2.01. The fourth-order valence-electron chi connectivity index (χ4n) is 0.981. The fourth-order valence-corrected chi connectivity index (χ4v) is 0.981. The van der Waals surface area contributed by atoms with Gasteiger partial charge in [-0.25, -0.2) is 0 Å². The number of fused-ring (bicyclic) bond motifs is 1. The minimum atomic E-state index is -0.0249. The smallest absolute Gasteiger partial charge is 0.189 e. The average molecular weight is 145 g/mol. The van der Waals surface area contributed by atoms with Crippen molar-refractivity contribution in [1.29, 1.82) is 0 Å². The Balaban J connectivity index is 2.90. The molecule has 1 aliphatic heterocycles. The number of rotatable bonds is 0. The Bertz CT molecular complexity index is 389. The van der Waals surface area contributed by atoms with Gasteiger partial charge in [0.25, 0.3) is 0 Å². The normalized spacial score (nSPS) is 10.2. The topological polar surface area (TPSA) is 30.2 Å². The van der Waals surface area contributed by atoms with E-state index in [1.807, 2.05) is 0 Å². The van der Waals surface area contributed by atoms with Crippen LogP contribution < -0.4 is 5.43 Å². The van der Waals surface area contributed by atoms with Gasteiger partial charge in [0.1, 0.15) is 6.26 Å². The molecule has 0 saturated carbocycles. The minimum absolute atomic E-state index is 0.0249. The lowest BCUT2D eigenvalue weighted by atomic mass is 10.1. The van der Waals surface area contributed by atoms with E-state index in [2.05, 4.69) is 6.07 Å². The van der Waals surface area contributed by atoms with Gasteiger partial charge in [-0.2, -0.15) is 0 Å². The van der Waals surface area contributed by atoms with E-state index in [0.717, 1.165) is 5.56 Å².